The predicted molar refractivity (Wildman–Crippen MR) is 85.6 cm³/mol. The van der Waals surface area contributed by atoms with Crippen molar-refractivity contribution in [2.24, 2.45) is 0 Å². The summed E-state index contributed by atoms with van der Waals surface area (Å²) in [4.78, 5) is 6.91. The van der Waals surface area contributed by atoms with Gasteiger partial charge in [-0.25, -0.2) is 4.98 Å². The van der Waals surface area contributed by atoms with Crippen LogP contribution >= 0.6 is 0 Å². The molecule has 3 rings (SSSR count). The molecule has 0 atom stereocenters. The Labute approximate surface area is 127 Å². The van der Waals surface area contributed by atoms with Gasteiger partial charge < -0.3 is 15.0 Å². The highest BCUT2D eigenvalue weighted by Crippen LogP contribution is 2.18. The Bertz CT molecular complexity index is 407. The SMILES string of the molecule is c1cc(N2CCOCC2)ncc1CNC1CCCCCC1. The summed E-state index contributed by atoms with van der Waals surface area (Å²) in [5.41, 5.74) is 1.29. The molecule has 2 heterocycles. The predicted octanol–water partition coefficient (Wildman–Crippen LogP) is 2.73. The van der Waals surface area contributed by atoms with Crippen LogP contribution in [0.25, 0.3) is 0 Å². The maximum Gasteiger partial charge on any atom is 0.128 e. The molecule has 116 valence electrons. The zero-order valence-corrected chi connectivity index (χ0v) is 12.9. The van der Waals surface area contributed by atoms with Crippen LogP contribution in [-0.2, 0) is 11.3 Å². The van der Waals surface area contributed by atoms with E-state index in [1.807, 2.05) is 6.20 Å². The maximum atomic E-state index is 5.38. The third kappa shape index (κ3) is 4.42. The van der Waals surface area contributed by atoms with Crippen LogP contribution in [0.15, 0.2) is 18.3 Å². The van der Waals surface area contributed by atoms with E-state index < -0.39 is 0 Å². The van der Waals surface area contributed by atoms with Crippen LogP contribution in [0.3, 0.4) is 0 Å². The van der Waals surface area contributed by atoms with Crippen molar-refractivity contribution in [1.82, 2.24) is 10.3 Å². The topological polar surface area (TPSA) is 37.4 Å². The highest BCUT2D eigenvalue weighted by molar-refractivity contribution is 5.39. The van der Waals surface area contributed by atoms with E-state index in [0.29, 0.717) is 6.04 Å². The molecule has 2 fully saturated rings. The number of ether oxygens (including phenoxy) is 1. The van der Waals surface area contributed by atoms with Crippen LogP contribution in [0.4, 0.5) is 5.82 Å². The maximum absolute atomic E-state index is 5.38. The first-order chi connectivity index (χ1) is 10.4. The summed E-state index contributed by atoms with van der Waals surface area (Å²) >= 11 is 0. The van der Waals surface area contributed by atoms with Crippen molar-refractivity contribution >= 4 is 5.82 Å². The fourth-order valence-corrected chi connectivity index (χ4v) is 3.25. The van der Waals surface area contributed by atoms with E-state index in [-0.39, 0.29) is 0 Å². The van der Waals surface area contributed by atoms with E-state index in [1.54, 1.807) is 0 Å². The van der Waals surface area contributed by atoms with Crippen LogP contribution in [0.2, 0.25) is 0 Å². The normalized spacial score (nSPS) is 21.2. The fraction of sp³-hybridized carbons (Fsp3) is 0.706. The van der Waals surface area contributed by atoms with E-state index in [2.05, 4.69) is 27.3 Å². The molecule has 1 aliphatic heterocycles. The highest BCUT2D eigenvalue weighted by Gasteiger charge is 2.13. The number of hydrogen-bond acceptors (Lipinski definition) is 4. The van der Waals surface area contributed by atoms with Crippen molar-refractivity contribution < 1.29 is 4.74 Å². The Balaban J connectivity index is 1.49. The summed E-state index contributed by atoms with van der Waals surface area (Å²) in [5, 5.41) is 3.70. The van der Waals surface area contributed by atoms with Gasteiger partial charge in [0.05, 0.1) is 13.2 Å². The molecule has 21 heavy (non-hydrogen) atoms. The molecule has 1 saturated carbocycles. The molecule has 1 aromatic heterocycles. The lowest BCUT2D eigenvalue weighted by Gasteiger charge is -2.27. The number of morpholine rings is 1. The Morgan fingerprint density at radius 3 is 2.52 bits per heavy atom. The number of nitrogens with zero attached hydrogens (tertiary/aromatic N) is 2. The number of rotatable bonds is 4. The van der Waals surface area contributed by atoms with Crippen LogP contribution in [0, 0.1) is 0 Å². The molecule has 0 radical (unpaired) electrons. The molecule has 1 aromatic rings. The summed E-state index contributed by atoms with van der Waals surface area (Å²) in [7, 11) is 0. The van der Waals surface area contributed by atoms with E-state index in [0.717, 1.165) is 38.7 Å². The lowest BCUT2D eigenvalue weighted by Crippen LogP contribution is -2.36. The van der Waals surface area contributed by atoms with E-state index >= 15 is 0 Å². The third-order valence-electron chi connectivity index (χ3n) is 4.59. The largest absolute Gasteiger partial charge is 0.378 e. The summed E-state index contributed by atoms with van der Waals surface area (Å²) in [6, 6.07) is 5.06. The van der Waals surface area contributed by atoms with Crippen molar-refractivity contribution in [2.75, 3.05) is 31.2 Å². The van der Waals surface area contributed by atoms with Crippen molar-refractivity contribution in [3.8, 4) is 0 Å². The van der Waals surface area contributed by atoms with Crippen LogP contribution < -0.4 is 10.2 Å². The average molecular weight is 289 g/mol. The van der Waals surface area contributed by atoms with E-state index in [1.165, 1.54) is 44.1 Å². The molecule has 0 amide bonds. The molecule has 1 N–H and O–H groups in total. The molecule has 1 saturated heterocycles. The van der Waals surface area contributed by atoms with Gasteiger partial charge in [0, 0.05) is 31.9 Å². The first-order valence-corrected chi connectivity index (χ1v) is 8.43. The molecule has 0 spiro atoms. The first-order valence-electron chi connectivity index (χ1n) is 8.43. The standard InChI is InChI=1S/C17H27N3O/c1-2-4-6-16(5-3-1)18-13-15-7-8-17(19-14-15)20-9-11-21-12-10-20/h7-8,14,16,18H,1-6,9-13H2. The van der Waals surface area contributed by atoms with Gasteiger partial charge in [0.15, 0.2) is 0 Å². The lowest BCUT2D eigenvalue weighted by molar-refractivity contribution is 0.122. The number of aromatic nitrogens is 1. The Morgan fingerprint density at radius 1 is 1.10 bits per heavy atom. The zero-order chi connectivity index (χ0) is 14.3. The van der Waals surface area contributed by atoms with Crippen molar-refractivity contribution in [1.29, 1.82) is 0 Å². The molecule has 2 aliphatic rings. The molecule has 0 aromatic carbocycles. The number of pyridine rings is 1. The summed E-state index contributed by atoms with van der Waals surface area (Å²) in [6.45, 7) is 4.47. The number of nitrogens with one attached hydrogen (secondary N) is 1. The van der Waals surface area contributed by atoms with Gasteiger partial charge in [0.25, 0.3) is 0 Å². The Kier molecular flexibility index (Phi) is 5.46. The van der Waals surface area contributed by atoms with Crippen molar-refractivity contribution in [3.63, 3.8) is 0 Å². The minimum Gasteiger partial charge on any atom is -0.378 e. The van der Waals surface area contributed by atoms with Gasteiger partial charge in [0.2, 0.25) is 0 Å². The smallest absolute Gasteiger partial charge is 0.128 e. The first kappa shape index (κ1) is 14.8. The Hall–Kier alpha value is -1.13. The third-order valence-corrected chi connectivity index (χ3v) is 4.59. The monoisotopic (exact) mass is 289 g/mol. The molecule has 4 nitrogen and oxygen atoms in total. The van der Waals surface area contributed by atoms with Crippen molar-refractivity contribution in [2.45, 2.75) is 51.1 Å². The molecule has 0 unspecified atom stereocenters. The van der Waals surface area contributed by atoms with Crippen molar-refractivity contribution in [3.05, 3.63) is 23.9 Å². The van der Waals surface area contributed by atoms with Gasteiger partial charge in [-0.2, -0.15) is 0 Å². The second-order valence-electron chi connectivity index (χ2n) is 6.19. The molecule has 1 aliphatic carbocycles. The summed E-state index contributed by atoms with van der Waals surface area (Å²) in [5.74, 6) is 1.08. The average Bonchev–Trinajstić information content (AvgIpc) is 2.83. The van der Waals surface area contributed by atoms with Crippen LogP contribution in [-0.4, -0.2) is 37.3 Å². The minimum absolute atomic E-state index is 0.700. The Morgan fingerprint density at radius 2 is 1.86 bits per heavy atom. The number of anilines is 1. The zero-order valence-electron chi connectivity index (χ0n) is 12.9. The summed E-state index contributed by atoms with van der Waals surface area (Å²) in [6.07, 6.45) is 10.3. The molecular weight excluding hydrogens is 262 g/mol. The lowest BCUT2D eigenvalue weighted by atomic mass is 10.1. The number of hydrogen-bond donors (Lipinski definition) is 1. The van der Waals surface area contributed by atoms with Gasteiger partial charge in [-0.1, -0.05) is 31.7 Å². The van der Waals surface area contributed by atoms with Crippen LogP contribution in [0.5, 0.6) is 0 Å². The highest BCUT2D eigenvalue weighted by atomic mass is 16.5. The van der Waals surface area contributed by atoms with E-state index in [4.69, 9.17) is 4.74 Å². The van der Waals surface area contributed by atoms with Gasteiger partial charge in [0.1, 0.15) is 5.82 Å². The molecule has 4 heteroatoms. The van der Waals surface area contributed by atoms with Gasteiger partial charge in [-0.15, -0.1) is 0 Å². The fourth-order valence-electron chi connectivity index (χ4n) is 3.25. The quantitative estimate of drug-likeness (QED) is 0.865. The van der Waals surface area contributed by atoms with Gasteiger partial charge in [-0.3, -0.25) is 0 Å². The van der Waals surface area contributed by atoms with E-state index in [9.17, 15) is 0 Å². The second kappa shape index (κ2) is 7.76. The molecule has 0 bridgehead atoms. The minimum atomic E-state index is 0.700. The van der Waals surface area contributed by atoms with Gasteiger partial charge >= 0.3 is 0 Å². The van der Waals surface area contributed by atoms with Gasteiger partial charge in [-0.05, 0) is 24.5 Å². The molecular formula is C17H27N3O. The van der Waals surface area contributed by atoms with Crippen LogP contribution in [0.1, 0.15) is 44.1 Å². The summed E-state index contributed by atoms with van der Waals surface area (Å²) < 4.78 is 5.38. The second-order valence-corrected chi connectivity index (χ2v) is 6.19.